The van der Waals surface area contributed by atoms with Gasteiger partial charge in [0.25, 0.3) is 11.8 Å². The van der Waals surface area contributed by atoms with Gasteiger partial charge in [-0.1, -0.05) is 0 Å². The number of nitrogens with two attached hydrogens (primary N) is 1. The Kier molecular flexibility index (Phi) is 4.42. The zero-order chi connectivity index (χ0) is 17.4. The maximum Gasteiger partial charge on any atom is 0.274 e. The molecule has 2 aromatic rings. The fourth-order valence-electron chi connectivity index (χ4n) is 2.95. The van der Waals surface area contributed by atoms with E-state index in [4.69, 9.17) is 5.73 Å². The van der Waals surface area contributed by atoms with E-state index < -0.39 is 5.91 Å². The van der Waals surface area contributed by atoms with E-state index in [0.717, 1.165) is 30.0 Å². The van der Waals surface area contributed by atoms with Crippen LogP contribution in [0.1, 0.15) is 51.2 Å². The molecular weight excluding hydrogens is 326 g/mol. The molecule has 0 unspecified atom stereocenters. The fraction of sp³-hybridized carbons (Fsp3) is 0.438. The molecule has 0 aliphatic carbocycles. The second kappa shape index (κ2) is 6.37. The summed E-state index contributed by atoms with van der Waals surface area (Å²) in [5.74, 6) is -0.777. The Labute approximate surface area is 144 Å². The average molecular weight is 347 g/mol. The molecular formula is C16H21N5O2S. The molecule has 0 saturated carbocycles. The number of fused-ring (bicyclic) bond motifs is 1. The Morgan fingerprint density at radius 2 is 2.17 bits per heavy atom. The zero-order valence-corrected chi connectivity index (χ0v) is 14.8. The molecule has 0 atom stereocenters. The van der Waals surface area contributed by atoms with Crippen LogP contribution in [-0.4, -0.2) is 40.1 Å². The SMILES string of the molecule is CC(C)n1nccc1C(=O)Nc1sc2c(c1C(N)=O)CCN(C)C2. The van der Waals surface area contributed by atoms with Gasteiger partial charge in [-0.3, -0.25) is 14.3 Å². The zero-order valence-electron chi connectivity index (χ0n) is 14.0. The number of thiophene rings is 1. The van der Waals surface area contributed by atoms with E-state index >= 15 is 0 Å². The molecule has 128 valence electrons. The highest BCUT2D eigenvalue weighted by Crippen LogP contribution is 2.36. The number of nitrogens with one attached hydrogen (secondary N) is 1. The summed E-state index contributed by atoms with van der Waals surface area (Å²) < 4.78 is 1.65. The van der Waals surface area contributed by atoms with E-state index in [9.17, 15) is 9.59 Å². The molecule has 8 heteroatoms. The maximum atomic E-state index is 12.6. The molecule has 0 aromatic carbocycles. The van der Waals surface area contributed by atoms with Gasteiger partial charge in [-0.2, -0.15) is 5.10 Å². The van der Waals surface area contributed by atoms with Crippen LogP contribution in [0.5, 0.6) is 0 Å². The van der Waals surface area contributed by atoms with Crippen LogP contribution < -0.4 is 11.1 Å². The number of amides is 2. The lowest BCUT2D eigenvalue weighted by atomic mass is 10.0. The van der Waals surface area contributed by atoms with Crippen molar-refractivity contribution < 1.29 is 9.59 Å². The normalized spacial score (nSPS) is 14.7. The van der Waals surface area contributed by atoms with Gasteiger partial charge >= 0.3 is 0 Å². The van der Waals surface area contributed by atoms with Crippen molar-refractivity contribution in [1.82, 2.24) is 14.7 Å². The van der Waals surface area contributed by atoms with E-state index in [1.807, 2.05) is 20.9 Å². The van der Waals surface area contributed by atoms with E-state index in [0.29, 0.717) is 16.3 Å². The van der Waals surface area contributed by atoms with Crippen LogP contribution in [-0.2, 0) is 13.0 Å². The molecule has 2 aromatic heterocycles. The van der Waals surface area contributed by atoms with Gasteiger partial charge in [-0.05, 0) is 38.9 Å². The second-order valence-electron chi connectivity index (χ2n) is 6.27. The summed E-state index contributed by atoms with van der Waals surface area (Å²) in [5, 5.41) is 7.56. The third-order valence-electron chi connectivity index (χ3n) is 4.11. The van der Waals surface area contributed by atoms with Crippen molar-refractivity contribution in [2.24, 2.45) is 5.73 Å². The predicted octanol–water partition coefficient (Wildman–Crippen LogP) is 1.86. The third-order valence-corrected chi connectivity index (χ3v) is 5.25. The lowest BCUT2D eigenvalue weighted by Gasteiger charge is -2.22. The maximum absolute atomic E-state index is 12.6. The Bertz CT molecular complexity index is 792. The van der Waals surface area contributed by atoms with Crippen molar-refractivity contribution in [2.45, 2.75) is 32.9 Å². The first-order valence-electron chi connectivity index (χ1n) is 7.86. The van der Waals surface area contributed by atoms with Gasteiger partial charge in [0, 0.05) is 30.2 Å². The Balaban J connectivity index is 1.94. The van der Waals surface area contributed by atoms with Crippen LogP contribution in [0.25, 0.3) is 0 Å². The van der Waals surface area contributed by atoms with Crippen LogP contribution in [0, 0.1) is 0 Å². The first kappa shape index (κ1) is 16.7. The van der Waals surface area contributed by atoms with E-state index in [1.54, 1.807) is 16.9 Å². The van der Waals surface area contributed by atoms with Crippen molar-refractivity contribution in [2.75, 3.05) is 18.9 Å². The minimum Gasteiger partial charge on any atom is -0.365 e. The molecule has 3 rings (SSSR count). The predicted molar refractivity (Wildman–Crippen MR) is 93.4 cm³/mol. The minimum absolute atomic E-state index is 0.0709. The summed E-state index contributed by atoms with van der Waals surface area (Å²) in [4.78, 5) is 27.8. The number of carbonyl (C=O) groups excluding carboxylic acids is 2. The Morgan fingerprint density at radius 1 is 1.42 bits per heavy atom. The van der Waals surface area contributed by atoms with Gasteiger partial charge in [0.15, 0.2) is 0 Å². The molecule has 0 saturated heterocycles. The third kappa shape index (κ3) is 2.94. The summed E-state index contributed by atoms with van der Waals surface area (Å²) in [7, 11) is 2.03. The number of carbonyl (C=O) groups is 2. The molecule has 7 nitrogen and oxygen atoms in total. The summed E-state index contributed by atoms with van der Waals surface area (Å²) >= 11 is 1.43. The summed E-state index contributed by atoms with van der Waals surface area (Å²) in [6.07, 6.45) is 2.36. The van der Waals surface area contributed by atoms with Gasteiger partial charge in [0.05, 0.1) is 5.56 Å². The molecule has 1 aliphatic rings. The van der Waals surface area contributed by atoms with Crippen LogP contribution in [0.15, 0.2) is 12.3 Å². The molecule has 2 amide bonds. The van der Waals surface area contributed by atoms with Crippen molar-refractivity contribution in [1.29, 1.82) is 0 Å². The van der Waals surface area contributed by atoms with Gasteiger partial charge in [0.2, 0.25) is 0 Å². The molecule has 3 N–H and O–H groups in total. The van der Waals surface area contributed by atoms with Crippen molar-refractivity contribution in [3.8, 4) is 0 Å². The second-order valence-corrected chi connectivity index (χ2v) is 7.37. The van der Waals surface area contributed by atoms with Crippen LogP contribution in [0.3, 0.4) is 0 Å². The fourth-order valence-corrected chi connectivity index (χ4v) is 4.28. The number of nitrogens with zero attached hydrogens (tertiary/aromatic N) is 3. The van der Waals surface area contributed by atoms with Gasteiger partial charge in [-0.15, -0.1) is 11.3 Å². The largest absolute Gasteiger partial charge is 0.365 e. The molecule has 0 spiro atoms. The molecule has 0 fully saturated rings. The topological polar surface area (TPSA) is 93.2 Å². The number of aromatic nitrogens is 2. The lowest BCUT2D eigenvalue weighted by molar-refractivity contribution is 0.1000. The van der Waals surface area contributed by atoms with Crippen LogP contribution >= 0.6 is 11.3 Å². The average Bonchev–Trinajstić information content (AvgIpc) is 3.10. The molecule has 3 heterocycles. The number of anilines is 1. The summed E-state index contributed by atoms with van der Waals surface area (Å²) in [6, 6.07) is 1.74. The Morgan fingerprint density at radius 3 is 2.83 bits per heavy atom. The molecule has 24 heavy (non-hydrogen) atoms. The van der Waals surface area contributed by atoms with E-state index in [1.165, 1.54) is 11.3 Å². The van der Waals surface area contributed by atoms with Gasteiger partial charge in [-0.25, -0.2) is 0 Å². The molecule has 0 radical (unpaired) electrons. The number of primary amides is 1. The lowest BCUT2D eigenvalue weighted by Crippen LogP contribution is -2.27. The summed E-state index contributed by atoms with van der Waals surface area (Å²) in [5.41, 5.74) is 7.46. The van der Waals surface area contributed by atoms with Crippen LogP contribution in [0.2, 0.25) is 0 Å². The van der Waals surface area contributed by atoms with Gasteiger partial charge < -0.3 is 16.0 Å². The molecule has 1 aliphatic heterocycles. The van der Waals surface area contributed by atoms with Crippen LogP contribution in [0.4, 0.5) is 5.00 Å². The first-order chi connectivity index (χ1) is 11.4. The monoisotopic (exact) mass is 347 g/mol. The highest BCUT2D eigenvalue weighted by Gasteiger charge is 2.27. The standard InChI is InChI=1S/C16H21N5O2S/c1-9(2)21-11(4-6-18-21)15(23)19-16-13(14(17)22)10-5-7-20(3)8-12(10)24-16/h4,6,9H,5,7-8H2,1-3H3,(H2,17,22)(H,19,23). The number of hydrogen-bond acceptors (Lipinski definition) is 5. The van der Waals surface area contributed by atoms with Crippen molar-refractivity contribution in [3.05, 3.63) is 34.0 Å². The highest BCUT2D eigenvalue weighted by molar-refractivity contribution is 7.17. The highest BCUT2D eigenvalue weighted by atomic mass is 32.1. The van der Waals surface area contributed by atoms with Gasteiger partial charge in [0.1, 0.15) is 10.7 Å². The van der Waals surface area contributed by atoms with E-state index in [-0.39, 0.29) is 11.9 Å². The minimum atomic E-state index is -0.496. The van der Waals surface area contributed by atoms with E-state index in [2.05, 4.69) is 15.3 Å². The Hall–Kier alpha value is -2.19. The van der Waals surface area contributed by atoms with Crippen molar-refractivity contribution in [3.63, 3.8) is 0 Å². The number of likely N-dealkylation sites (N-methyl/N-ethyl adjacent to an activating group) is 1. The number of hydrogen-bond donors (Lipinski definition) is 2. The number of rotatable bonds is 4. The first-order valence-corrected chi connectivity index (χ1v) is 8.68. The quantitative estimate of drug-likeness (QED) is 0.883. The molecule has 0 bridgehead atoms. The summed E-state index contributed by atoms with van der Waals surface area (Å²) in [6.45, 7) is 5.55. The van der Waals surface area contributed by atoms with Crippen molar-refractivity contribution >= 4 is 28.2 Å². The smallest absolute Gasteiger partial charge is 0.274 e.